The molecule has 0 aliphatic rings. The summed E-state index contributed by atoms with van der Waals surface area (Å²) in [5.74, 6) is -2.52. The predicted molar refractivity (Wildman–Crippen MR) is 95.8 cm³/mol. The van der Waals surface area contributed by atoms with Crippen molar-refractivity contribution in [3.05, 3.63) is 71.4 Å². The highest BCUT2D eigenvalue weighted by Gasteiger charge is 2.17. The number of pyridine rings is 1. The number of carbonyl (C=O) groups is 1. The van der Waals surface area contributed by atoms with Crippen LogP contribution in [0.15, 0.2) is 42.6 Å². The molecule has 0 atom stereocenters. The smallest absolute Gasteiger partial charge is 0.268 e. The van der Waals surface area contributed by atoms with Gasteiger partial charge in [0.1, 0.15) is 23.0 Å². The van der Waals surface area contributed by atoms with Crippen LogP contribution in [0.2, 0.25) is 0 Å². The Morgan fingerprint density at radius 2 is 2.00 bits per heavy atom. The molecule has 0 saturated carbocycles. The van der Waals surface area contributed by atoms with Crippen LogP contribution in [0.5, 0.6) is 0 Å². The Kier molecular flexibility index (Phi) is 4.34. The van der Waals surface area contributed by atoms with E-state index < -0.39 is 23.5 Å². The van der Waals surface area contributed by atoms with E-state index in [0.29, 0.717) is 22.4 Å². The van der Waals surface area contributed by atoms with Crippen molar-refractivity contribution in [1.82, 2.24) is 25.1 Å². The molecule has 1 aromatic carbocycles. The standard InChI is InChI=1S/C19H14F3N5O/c1-27-16(19(28)23-8-11-2-4-12(20)7-14(11)21)6-10-3-5-15(25-18(10)27)13-9-24-26-17(13)22/h2-7,9H,8H2,1H3,(H,23,28)(H,24,26). The fourth-order valence-corrected chi connectivity index (χ4v) is 2.95. The molecule has 0 unspecified atom stereocenters. The van der Waals surface area contributed by atoms with Crippen LogP contribution in [0.3, 0.4) is 0 Å². The number of carbonyl (C=O) groups excluding carboxylic acids is 1. The van der Waals surface area contributed by atoms with E-state index in [1.165, 1.54) is 12.3 Å². The van der Waals surface area contributed by atoms with Crippen molar-refractivity contribution >= 4 is 16.9 Å². The van der Waals surface area contributed by atoms with Crippen LogP contribution >= 0.6 is 0 Å². The van der Waals surface area contributed by atoms with Crippen LogP contribution in [-0.4, -0.2) is 25.7 Å². The minimum atomic E-state index is -0.731. The summed E-state index contributed by atoms with van der Waals surface area (Å²) in [4.78, 5) is 16.9. The molecule has 142 valence electrons. The molecular weight excluding hydrogens is 371 g/mol. The number of fused-ring (bicyclic) bond motifs is 1. The zero-order valence-electron chi connectivity index (χ0n) is 14.6. The first kappa shape index (κ1) is 17.8. The highest BCUT2D eigenvalue weighted by molar-refractivity contribution is 5.98. The van der Waals surface area contributed by atoms with Crippen LogP contribution in [0.1, 0.15) is 16.1 Å². The number of amides is 1. The summed E-state index contributed by atoms with van der Waals surface area (Å²) in [5, 5.41) is 9.16. The molecular formula is C19H14F3N5O. The second-order valence-corrected chi connectivity index (χ2v) is 6.21. The normalized spacial score (nSPS) is 11.1. The first-order valence-electron chi connectivity index (χ1n) is 8.32. The number of aryl methyl sites for hydroxylation is 1. The van der Waals surface area contributed by atoms with Gasteiger partial charge in [-0.05, 0) is 24.3 Å². The molecule has 4 rings (SSSR count). The number of rotatable bonds is 4. The quantitative estimate of drug-likeness (QED) is 0.566. The Balaban J connectivity index is 1.60. The number of nitrogens with one attached hydrogen (secondary N) is 2. The van der Waals surface area contributed by atoms with Crippen molar-refractivity contribution in [1.29, 1.82) is 0 Å². The van der Waals surface area contributed by atoms with Gasteiger partial charge in [-0.3, -0.25) is 9.89 Å². The molecule has 0 saturated heterocycles. The highest BCUT2D eigenvalue weighted by atomic mass is 19.1. The molecule has 3 aromatic heterocycles. The Bertz CT molecular complexity index is 1200. The Labute approximate surface area is 157 Å². The zero-order chi connectivity index (χ0) is 19.8. The van der Waals surface area contributed by atoms with Crippen molar-refractivity contribution in [2.45, 2.75) is 6.54 Å². The molecule has 1 amide bonds. The largest absolute Gasteiger partial charge is 0.347 e. The highest BCUT2D eigenvalue weighted by Crippen LogP contribution is 2.24. The molecule has 0 aliphatic carbocycles. The van der Waals surface area contributed by atoms with E-state index in [1.54, 1.807) is 29.8 Å². The lowest BCUT2D eigenvalue weighted by Crippen LogP contribution is -2.25. The maximum absolute atomic E-state index is 13.7. The molecule has 28 heavy (non-hydrogen) atoms. The molecule has 0 bridgehead atoms. The van der Waals surface area contributed by atoms with Crippen molar-refractivity contribution in [2.75, 3.05) is 0 Å². The maximum atomic E-state index is 13.7. The number of H-pyrrole nitrogens is 1. The Morgan fingerprint density at radius 3 is 2.71 bits per heavy atom. The van der Waals surface area contributed by atoms with Gasteiger partial charge in [-0.2, -0.15) is 4.39 Å². The zero-order valence-corrected chi connectivity index (χ0v) is 14.6. The molecule has 0 spiro atoms. The number of nitrogens with zero attached hydrogens (tertiary/aromatic N) is 3. The average Bonchev–Trinajstić information content (AvgIpc) is 3.24. The van der Waals surface area contributed by atoms with E-state index in [4.69, 9.17) is 0 Å². The number of hydrogen-bond donors (Lipinski definition) is 2. The van der Waals surface area contributed by atoms with E-state index in [2.05, 4.69) is 20.5 Å². The lowest BCUT2D eigenvalue weighted by atomic mass is 10.2. The van der Waals surface area contributed by atoms with Crippen molar-refractivity contribution < 1.29 is 18.0 Å². The number of hydrogen-bond acceptors (Lipinski definition) is 3. The van der Waals surface area contributed by atoms with Gasteiger partial charge in [-0.15, -0.1) is 5.10 Å². The fourth-order valence-electron chi connectivity index (χ4n) is 2.95. The van der Waals surface area contributed by atoms with Gasteiger partial charge < -0.3 is 9.88 Å². The summed E-state index contributed by atoms with van der Waals surface area (Å²) in [5.41, 5.74) is 1.55. The van der Waals surface area contributed by atoms with Gasteiger partial charge in [0.25, 0.3) is 5.91 Å². The van der Waals surface area contributed by atoms with Gasteiger partial charge in [-0.25, -0.2) is 13.8 Å². The van der Waals surface area contributed by atoms with Crippen LogP contribution in [0.4, 0.5) is 13.2 Å². The summed E-state index contributed by atoms with van der Waals surface area (Å²) in [7, 11) is 1.65. The summed E-state index contributed by atoms with van der Waals surface area (Å²) in [6, 6.07) is 8.15. The lowest BCUT2D eigenvalue weighted by Gasteiger charge is -2.07. The van der Waals surface area contributed by atoms with E-state index in [1.807, 2.05) is 0 Å². The van der Waals surface area contributed by atoms with Crippen LogP contribution in [0.25, 0.3) is 22.3 Å². The molecule has 0 radical (unpaired) electrons. The fraction of sp³-hybridized carbons (Fsp3) is 0.105. The second kappa shape index (κ2) is 6.84. The van der Waals surface area contributed by atoms with Gasteiger partial charge in [0, 0.05) is 36.8 Å². The number of benzene rings is 1. The van der Waals surface area contributed by atoms with E-state index in [9.17, 15) is 18.0 Å². The molecule has 9 heteroatoms. The number of halogens is 3. The van der Waals surface area contributed by atoms with Crippen LogP contribution in [0, 0.1) is 17.6 Å². The molecule has 6 nitrogen and oxygen atoms in total. The lowest BCUT2D eigenvalue weighted by molar-refractivity contribution is 0.0943. The Morgan fingerprint density at radius 1 is 1.18 bits per heavy atom. The summed E-state index contributed by atoms with van der Waals surface area (Å²) in [6.07, 6.45) is 1.40. The molecule has 4 aromatic rings. The minimum absolute atomic E-state index is 0.0919. The molecule has 0 aliphatic heterocycles. The van der Waals surface area contributed by atoms with E-state index in [0.717, 1.165) is 12.1 Å². The topological polar surface area (TPSA) is 75.6 Å². The van der Waals surface area contributed by atoms with Crippen molar-refractivity contribution in [2.24, 2.45) is 7.05 Å². The van der Waals surface area contributed by atoms with Crippen molar-refractivity contribution in [3.8, 4) is 11.3 Å². The van der Waals surface area contributed by atoms with Gasteiger partial charge in [0.15, 0.2) is 0 Å². The third-order valence-electron chi connectivity index (χ3n) is 4.43. The molecule has 0 fully saturated rings. The van der Waals surface area contributed by atoms with Crippen LogP contribution < -0.4 is 5.32 Å². The summed E-state index contributed by atoms with van der Waals surface area (Å²) in [6.45, 7) is -0.0919. The molecule has 3 heterocycles. The third kappa shape index (κ3) is 3.11. The maximum Gasteiger partial charge on any atom is 0.268 e. The van der Waals surface area contributed by atoms with Gasteiger partial charge in [0.2, 0.25) is 5.95 Å². The molecule has 2 N–H and O–H groups in total. The average molecular weight is 385 g/mol. The Hall–Kier alpha value is -3.62. The summed E-state index contributed by atoms with van der Waals surface area (Å²) >= 11 is 0. The second-order valence-electron chi connectivity index (χ2n) is 6.21. The van der Waals surface area contributed by atoms with Gasteiger partial charge >= 0.3 is 0 Å². The first-order valence-corrected chi connectivity index (χ1v) is 8.32. The number of aromatic amines is 1. The first-order chi connectivity index (χ1) is 13.4. The van der Waals surface area contributed by atoms with E-state index >= 15 is 0 Å². The van der Waals surface area contributed by atoms with Crippen molar-refractivity contribution in [3.63, 3.8) is 0 Å². The van der Waals surface area contributed by atoms with Gasteiger partial charge in [-0.1, -0.05) is 6.07 Å². The van der Waals surface area contributed by atoms with Gasteiger partial charge in [0.05, 0.1) is 11.3 Å². The van der Waals surface area contributed by atoms with E-state index in [-0.39, 0.29) is 17.7 Å². The minimum Gasteiger partial charge on any atom is -0.347 e. The van der Waals surface area contributed by atoms with Crippen LogP contribution in [-0.2, 0) is 13.6 Å². The summed E-state index contributed by atoms with van der Waals surface area (Å²) < 4.78 is 41.9. The monoisotopic (exact) mass is 385 g/mol. The number of aromatic nitrogens is 4. The predicted octanol–water partition coefficient (Wildman–Crippen LogP) is 3.31. The third-order valence-corrected chi connectivity index (χ3v) is 4.43. The SMILES string of the molecule is Cn1c(C(=O)NCc2ccc(F)cc2F)cc2ccc(-c3c[nH]nc3F)nc21.